The third-order valence-electron chi connectivity index (χ3n) is 3.94. The molecule has 1 saturated heterocycles. The highest BCUT2D eigenvalue weighted by Crippen LogP contribution is 2.30. The zero-order valence-corrected chi connectivity index (χ0v) is 12.7. The fourth-order valence-electron chi connectivity index (χ4n) is 2.60. The lowest BCUT2D eigenvalue weighted by molar-refractivity contribution is -0.167. The molecular weight excluding hydrogens is 262 g/mol. The van der Waals surface area contributed by atoms with Crippen molar-refractivity contribution in [3.8, 4) is 0 Å². The summed E-state index contributed by atoms with van der Waals surface area (Å²) >= 11 is 0. The van der Waals surface area contributed by atoms with Crippen molar-refractivity contribution in [2.75, 3.05) is 20.3 Å². The van der Waals surface area contributed by atoms with Gasteiger partial charge in [0.15, 0.2) is 5.78 Å². The molecule has 0 unspecified atom stereocenters. The number of Topliss-reactive ketones (excluding diaryl/α,β-unsaturated/α-hetero) is 1. The molecule has 6 heteroatoms. The van der Waals surface area contributed by atoms with Gasteiger partial charge in [0.2, 0.25) is 0 Å². The summed E-state index contributed by atoms with van der Waals surface area (Å²) in [7, 11) is 1.79. The zero-order valence-electron chi connectivity index (χ0n) is 12.7. The van der Waals surface area contributed by atoms with Gasteiger partial charge in [0.05, 0.1) is 13.2 Å². The Kier molecular flexibility index (Phi) is 5.68. The first kappa shape index (κ1) is 16.6. The smallest absolute Gasteiger partial charge is 0.318 e. The average molecular weight is 285 g/mol. The molecular formula is C14H23NO5. The fourth-order valence-corrected chi connectivity index (χ4v) is 2.60. The van der Waals surface area contributed by atoms with Crippen LogP contribution in [0.2, 0.25) is 0 Å². The predicted molar refractivity (Wildman–Crippen MR) is 71.9 cm³/mol. The first-order chi connectivity index (χ1) is 9.36. The van der Waals surface area contributed by atoms with E-state index in [1.54, 1.807) is 34.7 Å². The summed E-state index contributed by atoms with van der Waals surface area (Å²) in [5.41, 5.74) is 0. The molecule has 1 rings (SSSR count). The van der Waals surface area contributed by atoms with Crippen LogP contribution in [0.3, 0.4) is 0 Å². The lowest BCUT2D eigenvalue weighted by Crippen LogP contribution is -2.60. The Hall–Kier alpha value is -1.43. The van der Waals surface area contributed by atoms with Gasteiger partial charge in [-0.05, 0) is 34.7 Å². The van der Waals surface area contributed by atoms with Crippen LogP contribution in [-0.4, -0.2) is 55.0 Å². The summed E-state index contributed by atoms with van der Waals surface area (Å²) < 4.78 is 9.91. The summed E-state index contributed by atoms with van der Waals surface area (Å²) in [4.78, 5) is 38.3. The number of likely N-dealkylation sites (tertiary alicyclic amines) is 1. The van der Waals surface area contributed by atoms with Crippen molar-refractivity contribution in [1.82, 2.24) is 4.90 Å². The number of rotatable bonds is 4. The van der Waals surface area contributed by atoms with Crippen molar-refractivity contribution in [1.29, 1.82) is 0 Å². The van der Waals surface area contributed by atoms with Crippen molar-refractivity contribution in [3.63, 3.8) is 0 Å². The Morgan fingerprint density at radius 1 is 1.00 bits per heavy atom. The predicted octanol–water partition coefficient (Wildman–Crippen LogP) is 0.637. The van der Waals surface area contributed by atoms with Crippen LogP contribution in [-0.2, 0) is 23.9 Å². The molecule has 20 heavy (non-hydrogen) atoms. The molecule has 6 nitrogen and oxygen atoms in total. The number of hydrogen-bond acceptors (Lipinski definition) is 6. The van der Waals surface area contributed by atoms with Crippen molar-refractivity contribution < 1.29 is 23.9 Å². The number of carbonyl (C=O) groups excluding carboxylic acids is 3. The van der Waals surface area contributed by atoms with E-state index in [9.17, 15) is 14.4 Å². The monoisotopic (exact) mass is 285 g/mol. The molecule has 0 aliphatic carbocycles. The molecule has 0 aromatic rings. The maximum absolute atomic E-state index is 12.5. The van der Waals surface area contributed by atoms with E-state index >= 15 is 0 Å². The molecule has 1 aliphatic heterocycles. The molecule has 0 saturated carbocycles. The molecule has 0 spiro atoms. The molecule has 0 bridgehead atoms. The SMILES string of the molecule is CCOC(=O)[C@@H]1C(=O)[C@@H](C(=O)OCC)[C@@H](C)N(C)[C@@H]1C. The van der Waals surface area contributed by atoms with E-state index in [1.807, 2.05) is 4.90 Å². The first-order valence-corrected chi connectivity index (χ1v) is 6.95. The lowest BCUT2D eigenvalue weighted by atomic mass is 9.78. The average Bonchev–Trinajstić information content (AvgIpc) is 2.37. The third kappa shape index (κ3) is 3.00. The highest BCUT2D eigenvalue weighted by atomic mass is 16.5. The van der Waals surface area contributed by atoms with Gasteiger partial charge in [-0.2, -0.15) is 0 Å². The van der Waals surface area contributed by atoms with Crippen LogP contribution < -0.4 is 0 Å². The summed E-state index contributed by atoms with van der Waals surface area (Å²) in [6, 6.07) is -0.607. The van der Waals surface area contributed by atoms with Gasteiger partial charge in [-0.25, -0.2) is 0 Å². The van der Waals surface area contributed by atoms with Gasteiger partial charge in [-0.15, -0.1) is 0 Å². The third-order valence-corrected chi connectivity index (χ3v) is 3.94. The topological polar surface area (TPSA) is 72.9 Å². The van der Waals surface area contributed by atoms with Crippen molar-refractivity contribution >= 4 is 17.7 Å². The van der Waals surface area contributed by atoms with Crippen molar-refractivity contribution in [2.24, 2.45) is 11.8 Å². The standard InChI is InChI=1S/C14H23NO5/c1-6-19-13(17)10-8(3)15(5)9(4)11(12(10)16)14(18)20-7-2/h8-11H,6-7H2,1-5H3/t8-,9-,10+,11+/m1/s1. The first-order valence-electron chi connectivity index (χ1n) is 6.95. The van der Waals surface area contributed by atoms with E-state index in [2.05, 4.69) is 0 Å². The zero-order chi connectivity index (χ0) is 15.4. The van der Waals surface area contributed by atoms with Crippen LogP contribution in [0.15, 0.2) is 0 Å². The summed E-state index contributed by atoms with van der Waals surface area (Å²) in [6.07, 6.45) is 0. The van der Waals surface area contributed by atoms with Crippen LogP contribution >= 0.6 is 0 Å². The molecule has 0 radical (unpaired) electrons. The van der Waals surface area contributed by atoms with Crippen molar-refractivity contribution in [3.05, 3.63) is 0 Å². The Bertz CT molecular complexity index is 361. The Morgan fingerprint density at radius 2 is 1.35 bits per heavy atom. The Labute approximate surface area is 119 Å². The number of piperidine rings is 1. The van der Waals surface area contributed by atoms with E-state index in [1.165, 1.54) is 0 Å². The van der Waals surface area contributed by atoms with Gasteiger partial charge < -0.3 is 9.47 Å². The van der Waals surface area contributed by atoms with Gasteiger partial charge in [-0.3, -0.25) is 19.3 Å². The van der Waals surface area contributed by atoms with Gasteiger partial charge in [-0.1, -0.05) is 0 Å². The van der Waals surface area contributed by atoms with Crippen LogP contribution in [0.5, 0.6) is 0 Å². The molecule has 114 valence electrons. The number of ether oxygens (including phenoxy) is 2. The molecule has 1 heterocycles. The Balaban J connectivity index is 3.05. The maximum atomic E-state index is 12.5. The largest absolute Gasteiger partial charge is 0.465 e. The molecule has 1 fully saturated rings. The number of carbonyl (C=O) groups is 3. The van der Waals surface area contributed by atoms with Crippen LogP contribution in [0.4, 0.5) is 0 Å². The van der Waals surface area contributed by atoms with E-state index in [0.717, 1.165) is 0 Å². The molecule has 0 N–H and O–H groups in total. The molecule has 0 aromatic carbocycles. The van der Waals surface area contributed by atoms with Crippen LogP contribution in [0.25, 0.3) is 0 Å². The van der Waals surface area contributed by atoms with Crippen LogP contribution in [0, 0.1) is 11.8 Å². The normalized spacial score (nSPS) is 30.9. The number of ketones is 1. The second-order valence-electron chi connectivity index (χ2n) is 5.01. The highest BCUT2D eigenvalue weighted by Gasteiger charge is 2.51. The van der Waals surface area contributed by atoms with Crippen molar-refractivity contribution in [2.45, 2.75) is 39.8 Å². The molecule has 1 aliphatic rings. The minimum Gasteiger partial charge on any atom is -0.465 e. The van der Waals surface area contributed by atoms with Gasteiger partial charge >= 0.3 is 11.9 Å². The van der Waals surface area contributed by atoms with Gasteiger partial charge in [0.1, 0.15) is 11.8 Å². The molecule has 0 amide bonds. The minimum absolute atomic E-state index is 0.207. The fraction of sp³-hybridized carbons (Fsp3) is 0.786. The summed E-state index contributed by atoms with van der Waals surface area (Å²) in [5.74, 6) is -3.42. The quantitative estimate of drug-likeness (QED) is 0.557. The minimum atomic E-state index is -0.939. The Morgan fingerprint density at radius 3 is 1.65 bits per heavy atom. The summed E-state index contributed by atoms with van der Waals surface area (Å²) in [5, 5.41) is 0. The maximum Gasteiger partial charge on any atom is 0.318 e. The molecule has 4 atom stereocenters. The van der Waals surface area contributed by atoms with E-state index in [-0.39, 0.29) is 25.3 Å². The highest BCUT2D eigenvalue weighted by molar-refractivity contribution is 6.10. The summed E-state index contributed by atoms with van der Waals surface area (Å²) in [6.45, 7) is 7.36. The van der Waals surface area contributed by atoms with E-state index in [0.29, 0.717) is 0 Å². The molecule has 0 aromatic heterocycles. The lowest BCUT2D eigenvalue weighted by Gasteiger charge is -2.42. The second-order valence-corrected chi connectivity index (χ2v) is 5.01. The van der Waals surface area contributed by atoms with Crippen LogP contribution in [0.1, 0.15) is 27.7 Å². The number of esters is 2. The van der Waals surface area contributed by atoms with Gasteiger partial charge in [0.25, 0.3) is 0 Å². The van der Waals surface area contributed by atoms with Gasteiger partial charge in [0, 0.05) is 12.1 Å². The van der Waals surface area contributed by atoms with E-state index < -0.39 is 29.6 Å². The number of nitrogens with zero attached hydrogens (tertiary/aromatic N) is 1. The second kappa shape index (κ2) is 6.83. The van der Waals surface area contributed by atoms with E-state index in [4.69, 9.17) is 9.47 Å². The number of hydrogen-bond donors (Lipinski definition) is 0.